The molecule has 1 aliphatic rings. The Morgan fingerprint density at radius 1 is 1.19 bits per heavy atom. The third-order valence-corrected chi connectivity index (χ3v) is 5.76. The molecule has 5 rings (SSSR count). The van der Waals surface area contributed by atoms with E-state index in [4.69, 9.17) is 5.73 Å². The van der Waals surface area contributed by atoms with Crippen LogP contribution in [0.15, 0.2) is 54.9 Å². The Bertz CT molecular complexity index is 1330. The third kappa shape index (κ3) is 3.41. The number of fused-ring (bicyclic) bond motifs is 1. The lowest BCUT2D eigenvalue weighted by atomic mass is 9.99. The van der Waals surface area contributed by atoms with Crippen LogP contribution in [0.1, 0.15) is 18.9 Å². The summed E-state index contributed by atoms with van der Waals surface area (Å²) < 4.78 is 14.3. The molecular weight excluding hydrogens is 391 g/mol. The molecule has 154 valence electrons. The summed E-state index contributed by atoms with van der Waals surface area (Å²) in [5.41, 5.74) is 11.1. The summed E-state index contributed by atoms with van der Waals surface area (Å²) in [6, 6.07) is 14.5. The highest BCUT2D eigenvalue weighted by Gasteiger charge is 2.33. The van der Waals surface area contributed by atoms with Gasteiger partial charge in [-0.15, -0.1) is 0 Å². The van der Waals surface area contributed by atoms with E-state index in [1.807, 2.05) is 25.1 Å². The van der Waals surface area contributed by atoms with Gasteiger partial charge in [0.1, 0.15) is 11.3 Å². The number of nitrogens with two attached hydrogens (primary N) is 1. The number of benzene rings is 2. The van der Waals surface area contributed by atoms with Crippen molar-refractivity contribution in [1.29, 1.82) is 5.26 Å². The van der Waals surface area contributed by atoms with E-state index in [0.717, 1.165) is 35.3 Å². The number of aromatic amines is 1. The Balaban J connectivity index is 1.74. The van der Waals surface area contributed by atoms with E-state index in [1.165, 1.54) is 6.07 Å². The minimum atomic E-state index is -0.372. The van der Waals surface area contributed by atoms with Crippen molar-refractivity contribution in [1.82, 2.24) is 15.0 Å². The maximum Gasteiger partial charge on any atom is 0.151 e. The van der Waals surface area contributed by atoms with Crippen LogP contribution in [0.5, 0.6) is 0 Å². The van der Waals surface area contributed by atoms with Gasteiger partial charge >= 0.3 is 0 Å². The van der Waals surface area contributed by atoms with Crippen molar-refractivity contribution in [2.24, 2.45) is 5.73 Å². The van der Waals surface area contributed by atoms with Gasteiger partial charge in [-0.1, -0.05) is 18.2 Å². The second-order valence-corrected chi connectivity index (χ2v) is 8.32. The molecule has 7 heteroatoms. The van der Waals surface area contributed by atoms with Crippen molar-refractivity contribution in [3.05, 3.63) is 66.2 Å². The minimum Gasteiger partial charge on any atom is -0.368 e. The first-order valence-electron chi connectivity index (χ1n) is 10.1. The number of pyridine rings is 1. The van der Waals surface area contributed by atoms with Crippen LogP contribution in [0.25, 0.3) is 33.5 Å². The second kappa shape index (κ2) is 7.18. The molecule has 6 nitrogen and oxygen atoms in total. The van der Waals surface area contributed by atoms with E-state index in [1.54, 1.807) is 30.6 Å². The SMILES string of the molecule is CC1(N)CCN(c2c(-c3cccc(C#N)c3)cncc2-c2nc3c(F)cccc3[nH]2)C1. The van der Waals surface area contributed by atoms with Crippen LogP contribution in [0, 0.1) is 17.1 Å². The molecule has 0 spiro atoms. The van der Waals surface area contributed by atoms with Crippen LogP contribution < -0.4 is 10.6 Å². The lowest BCUT2D eigenvalue weighted by molar-refractivity contribution is 0.525. The van der Waals surface area contributed by atoms with Gasteiger partial charge in [0.25, 0.3) is 0 Å². The molecule has 3 N–H and O–H groups in total. The summed E-state index contributed by atoms with van der Waals surface area (Å²) in [6.07, 6.45) is 4.39. The number of rotatable bonds is 3. The number of nitrogens with zero attached hydrogens (tertiary/aromatic N) is 4. The standard InChI is InChI=1S/C24H21FN6/c1-24(27)8-9-31(14-24)22-17(16-5-2-4-15(10-16)11-26)12-28-13-18(22)23-29-20-7-3-6-19(25)21(20)30-23/h2-7,10,12-13H,8-9,14,27H2,1H3,(H,29,30). The van der Waals surface area contributed by atoms with E-state index in [2.05, 4.69) is 25.9 Å². The largest absolute Gasteiger partial charge is 0.368 e. The summed E-state index contributed by atoms with van der Waals surface area (Å²) in [6.45, 7) is 3.49. The number of hydrogen-bond donors (Lipinski definition) is 2. The molecule has 4 aromatic rings. The fourth-order valence-electron chi connectivity index (χ4n) is 4.24. The number of imidazole rings is 1. The van der Waals surface area contributed by atoms with Crippen LogP contribution in [0.2, 0.25) is 0 Å². The van der Waals surface area contributed by atoms with Gasteiger partial charge in [0.2, 0.25) is 0 Å². The first-order chi connectivity index (χ1) is 14.9. The van der Waals surface area contributed by atoms with Gasteiger partial charge in [0.15, 0.2) is 5.82 Å². The molecule has 3 heterocycles. The lowest BCUT2D eigenvalue weighted by Gasteiger charge is -2.26. The molecule has 1 fully saturated rings. The normalized spacial score (nSPS) is 18.5. The van der Waals surface area contributed by atoms with Crippen molar-refractivity contribution in [3.8, 4) is 28.6 Å². The number of aromatic nitrogens is 3. The number of para-hydroxylation sites is 1. The molecule has 1 aliphatic heterocycles. The third-order valence-electron chi connectivity index (χ3n) is 5.76. The number of H-pyrrole nitrogens is 1. The Hall–Kier alpha value is -3.76. The highest BCUT2D eigenvalue weighted by molar-refractivity contribution is 5.91. The van der Waals surface area contributed by atoms with Gasteiger partial charge in [-0.2, -0.15) is 5.26 Å². The van der Waals surface area contributed by atoms with E-state index in [-0.39, 0.29) is 11.4 Å². The first kappa shape index (κ1) is 19.2. The Labute approximate surface area is 179 Å². The Morgan fingerprint density at radius 2 is 2.00 bits per heavy atom. The van der Waals surface area contributed by atoms with Gasteiger partial charge in [-0.25, -0.2) is 9.37 Å². The first-order valence-corrected chi connectivity index (χ1v) is 10.1. The predicted octanol–water partition coefficient (Wildman–Crippen LogP) is 4.23. The number of nitriles is 1. The van der Waals surface area contributed by atoms with Gasteiger partial charge < -0.3 is 15.6 Å². The molecule has 0 saturated carbocycles. The van der Waals surface area contributed by atoms with Crippen LogP contribution in [-0.4, -0.2) is 33.6 Å². The molecule has 1 saturated heterocycles. The highest BCUT2D eigenvalue weighted by Crippen LogP contribution is 2.41. The molecular formula is C24H21FN6. The molecule has 0 aliphatic carbocycles. The van der Waals surface area contributed by atoms with Crippen molar-refractivity contribution in [2.75, 3.05) is 18.0 Å². The number of nitrogens with one attached hydrogen (secondary N) is 1. The summed E-state index contributed by atoms with van der Waals surface area (Å²) in [5, 5.41) is 9.35. The van der Waals surface area contributed by atoms with Crippen LogP contribution in [0.4, 0.5) is 10.1 Å². The van der Waals surface area contributed by atoms with E-state index < -0.39 is 0 Å². The molecule has 1 unspecified atom stereocenters. The van der Waals surface area contributed by atoms with Gasteiger partial charge in [-0.3, -0.25) is 4.98 Å². The van der Waals surface area contributed by atoms with Gasteiger partial charge in [0, 0.05) is 36.6 Å². The minimum absolute atomic E-state index is 0.297. The summed E-state index contributed by atoms with van der Waals surface area (Å²) in [7, 11) is 0. The average molecular weight is 412 g/mol. The van der Waals surface area contributed by atoms with Crippen molar-refractivity contribution in [3.63, 3.8) is 0 Å². The van der Waals surface area contributed by atoms with E-state index >= 15 is 0 Å². The quantitative estimate of drug-likeness (QED) is 0.525. The maximum absolute atomic E-state index is 14.3. The highest BCUT2D eigenvalue weighted by atomic mass is 19.1. The second-order valence-electron chi connectivity index (χ2n) is 8.32. The Kier molecular flexibility index (Phi) is 4.45. The van der Waals surface area contributed by atoms with Crippen LogP contribution in [-0.2, 0) is 0 Å². The topological polar surface area (TPSA) is 94.6 Å². The van der Waals surface area contributed by atoms with E-state index in [9.17, 15) is 9.65 Å². The number of halogens is 1. The van der Waals surface area contributed by atoms with Crippen molar-refractivity contribution < 1.29 is 4.39 Å². The zero-order valence-corrected chi connectivity index (χ0v) is 17.1. The summed E-state index contributed by atoms with van der Waals surface area (Å²) in [5.74, 6) is 0.176. The van der Waals surface area contributed by atoms with Crippen molar-refractivity contribution >= 4 is 16.7 Å². The van der Waals surface area contributed by atoms with Crippen molar-refractivity contribution in [2.45, 2.75) is 18.9 Å². The molecule has 2 aromatic heterocycles. The number of anilines is 1. The maximum atomic E-state index is 14.3. The van der Waals surface area contributed by atoms with Crippen LogP contribution in [0.3, 0.4) is 0 Å². The monoisotopic (exact) mass is 412 g/mol. The molecule has 2 aromatic carbocycles. The molecule has 0 radical (unpaired) electrons. The molecule has 0 amide bonds. The number of hydrogen-bond acceptors (Lipinski definition) is 5. The molecule has 1 atom stereocenters. The summed E-state index contributed by atoms with van der Waals surface area (Å²) >= 11 is 0. The van der Waals surface area contributed by atoms with Crippen LogP contribution >= 0.6 is 0 Å². The van der Waals surface area contributed by atoms with Gasteiger partial charge in [0.05, 0.1) is 28.4 Å². The zero-order chi connectivity index (χ0) is 21.6. The van der Waals surface area contributed by atoms with E-state index in [0.29, 0.717) is 29.0 Å². The molecule has 0 bridgehead atoms. The predicted molar refractivity (Wildman–Crippen MR) is 119 cm³/mol. The zero-order valence-electron chi connectivity index (χ0n) is 17.1. The Morgan fingerprint density at radius 3 is 2.74 bits per heavy atom. The fourth-order valence-corrected chi connectivity index (χ4v) is 4.24. The average Bonchev–Trinajstić information content (AvgIpc) is 3.37. The smallest absolute Gasteiger partial charge is 0.151 e. The lowest BCUT2D eigenvalue weighted by Crippen LogP contribution is -2.39. The molecule has 31 heavy (non-hydrogen) atoms. The summed E-state index contributed by atoms with van der Waals surface area (Å²) in [4.78, 5) is 14.5. The fraction of sp³-hybridized carbons (Fsp3) is 0.208. The van der Waals surface area contributed by atoms with Gasteiger partial charge in [-0.05, 0) is 43.2 Å².